The Morgan fingerprint density at radius 2 is 2.35 bits per heavy atom. The third-order valence-electron chi connectivity index (χ3n) is 3.91. The van der Waals surface area contributed by atoms with Crippen LogP contribution in [0.25, 0.3) is 0 Å². The predicted octanol–water partition coefficient (Wildman–Crippen LogP) is 2.07. The van der Waals surface area contributed by atoms with E-state index in [9.17, 15) is 0 Å². The number of rotatable bonds is 4. The molecule has 1 atom stereocenters. The van der Waals surface area contributed by atoms with Crippen molar-refractivity contribution >= 4 is 27.5 Å². The number of nitrogens with two attached hydrogens (primary N) is 1. The fourth-order valence-electron chi connectivity index (χ4n) is 2.72. The summed E-state index contributed by atoms with van der Waals surface area (Å²) in [4.78, 5) is 4.56. The average Bonchev–Trinajstić information content (AvgIpc) is 2.83. The van der Waals surface area contributed by atoms with Crippen LogP contribution in [0.4, 0.5) is 5.69 Å². The van der Waals surface area contributed by atoms with Crippen LogP contribution < -0.4 is 10.6 Å². The van der Waals surface area contributed by atoms with E-state index in [1.165, 1.54) is 12.8 Å². The fraction of sp³-hybridized carbons (Fsp3) is 0.500. The summed E-state index contributed by atoms with van der Waals surface area (Å²) in [5, 5.41) is 12.1. The summed E-state index contributed by atoms with van der Waals surface area (Å²) in [6.45, 7) is 2.09. The molecule has 6 heteroatoms. The first-order valence-electron chi connectivity index (χ1n) is 6.71. The van der Waals surface area contributed by atoms with Crippen LogP contribution in [0.5, 0.6) is 0 Å². The zero-order valence-electron chi connectivity index (χ0n) is 11.9. The number of anilines is 1. The van der Waals surface area contributed by atoms with Crippen molar-refractivity contribution in [3.8, 4) is 0 Å². The van der Waals surface area contributed by atoms with Crippen molar-refractivity contribution in [2.45, 2.75) is 18.9 Å². The van der Waals surface area contributed by atoms with Crippen molar-refractivity contribution in [2.75, 3.05) is 32.1 Å². The zero-order valence-corrected chi connectivity index (χ0v) is 13.5. The minimum Gasteiger partial charge on any atom is -0.409 e. The molecule has 1 saturated heterocycles. The van der Waals surface area contributed by atoms with Crippen molar-refractivity contribution in [1.82, 2.24) is 4.90 Å². The molecule has 0 spiro atoms. The second-order valence-corrected chi connectivity index (χ2v) is 6.22. The van der Waals surface area contributed by atoms with Crippen molar-refractivity contribution in [3.05, 3.63) is 28.2 Å². The van der Waals surface area contributed by atoms with E-state index in [4.69, 9.17) is 10.9 Å². The van der Waals surface area contributed by atoms with E-state index in [-0.39, 0.29) is 5.84 Å². The van der Waals surface area contributed by atoms with Gasteiger partial charge in [0, 0.05) is 35.4 Å². The lowest BCUT2D eigenvalue weighted by molar-refractivity contribution is 0.314. The third-order valence-corrected chi connectivity index (χ3v) is 4.40. The van der Waals surface area contributed by atoms with Gasteiger partial charge in [0.15, 0.2) is 5.84 Å². The maximum Gasteiger partial charge on any atom is 0.172 e. The molecule has 0 saturated carbocycles. The molecule has 2 rings (SSSR count). The first-order chi connectivity index (χ1) is 9.52. The highest BCUT2D eigenvalue weighted by molar-refractivity contribution is 9.10. The number of hydrogen-bond donors (Lipinski definition) is 2. The van der Waals surface area contributed by atoms with Gasteiger partial charge < -0.3 is 20.7 Å². The molecular weight excluding hydrogens is 320 g/mol. The molecule has 0 aromatic heterocycles. The van der Waals surface area contributed by atoms with Crippen molar-refractivity contribution < 1.29 is 5.21 Å². The predicted molar refractivity (Wildman–Crippen MR) is 85.6 cm³/mol. The van der Waals surface area contributed by atoms with Gasteiger partial charge in [0.25, 0.3) is 0 Å². The largest absolute Gasteiger partial charge is 0.409 e. The molecule has 1 aromatic rings. The summed E-state index contributed by atoms with van der Waals surface area (Å²) in [5.41, 5.74) is 7.50. The standard InChI is InChI=1S/C14H21BrN4O/c1-18-7-3-4-11(18)9-19(2)13-6-5-10(15)8-12(13)14(16)17-20/h5-6,8,11,20H,3-4,7,9H2,1-2H3,(H2,16,17). The lowest BCUT2D eigenvalue weighted by atomic mass is 10.1. The summed E-state index contributed by atoms with van der Waals surface area (Å²) in [6, 6.07) is 6.40. The molecule has 1 aliphatic rings. The topological polar surface area (TPSA) is 65.1 Å². The zero-order chi connectivity index (χ0) is 14.7. The van der Waals surface area contributed by atoms with Gasteiger partial charge in [-0.25, -0.2) is 0 Å². The summed E-state index contributed by atoms with van der Waals surface area (Å²) in [5.74, 6) is 0.132. The van der Waals surface area contributed by atoms with Crippen LogP contribution in [-0.2, 0) is 0 Å². The second kappa shape index (κ2) is 6.45. The van der Waals surface area contributed by atoms with Gasteiger partial charge in [-0.05, 0) is 44.6 Å². The minimum absolute atomic E-state index is 0.132. The summed E-state index contributed by atoms with van der Waals surface area (Å²) in [6.07, 6.45) is 2.47. The normalized spacial score (nSPS) is 20.4. The Morgan fingerprint density at radius 1 is 1.60 bits per heavy atom. The summed E-state index contributed by atoms with van der Waals surface area (Å²) < 4.78 is 0.911. The number of hydrogen-bond acceptors (Lipinski definition) is 4. The summed E-state index contributed by atoms with van der Waals surface area (Å²) in [7, 11) is 4.21. The molecule has 0 radical (unpaired) electrons. The quantitative estimate of drug-likeness (QED) is 0.381. The van der Waals surface area contributed by atoms with Crippen molar-refractivity contribution in [2.24, 2.45) is 10.9 Å². The Bertz CT molecular complexity index is 506. The molecule has 1 heterocycles. The maximum absolute atomic E-state index is 8.93. The van der Waals surface area contributed by atoms with Crippen LogP contribution in [0.1, 0.15) is 18.4 Å². The van der Waals surface area contributed by atoms with Crippen LogP contribution in [-0.4, -0.2) is 49.2 Å². The van der Waals surface area contributed by atoms with Crippen LogP contribution >= 0.6 is 15.9 Å². The van der Waals surface area contributed by atoms with Crippen LogP contribution in [0.15, 0.2) is 27.8 Å². The number of likely N-dealkylation sites (N-methyl/N-ethyl adjacent to an activating group) is 2. The molecule has 110 valence electrons. The highest BCUT2D eigenvalue weighted by Crippen LogP contribution is 2.25. The van der Waals surface area contributed by atoms with Crippen LogP contribution in [0.3, 0.4) is 0 Å². The van der Waals surface area contributed by atoms with Gasteiger partial charge >= 0.3 is 0 Å². The highest BCUT2D eigenvalue weighted by Gasteiger charge is 2.23. The van der Waals surface area contributed by atoms with Crippen molar-refractivity contribution in [3.63, 3.8) is 0 Å². The number of oxime groups is 1. The molecule has 1 unspecified atom stereocenters. The smallest absolute Gasteiger partial charge is 0.172 e. The van der Waals surface area contributed by atoms with Crippen LogP contribution in [0, 0.1) is 0 Å². The maximum atomic E-state index is 8.93. The SMILES string of the molecule is CN(CC1CCCN1C)c1ccc(Br)cc1/C(N)=N/O. The fourth-order valence-corrected chi connectivity index (χ4v) is 3.09. The van der Waals surface area contributed by atoms with Gasteiger partial charge in [0.05, 0.1) is 0 Å². The Morgan fingerprint density at radius 3 is 2.95 bits per heavy atom. The molecule has 20 heavy (non-hydrogen) atoms. The molecular formula is C14H21BrN4O. The van der Waals surface area contributed by atoms with Gasteiger partial charge in [-0.3, -0.25) is 0 Å². The monoisotopic (exact) mass is 340 g/mol. The molecule has 5 nitrogen and oxygen atoms in total. The van der Waals surface area contributed by atoms with E-state index < -0.39 is 0 Å². The first-order valence-corrected chi connectivity index (χ1v) is 7.51. The van der Waals surface area contributed by atoms with Crippen LogP contribution in [0.2, 0.25) is 0 Å². The van der Waals surface area contributed by atoms with Gasteiger partial charge in [0.2, 0.25) is 0 Å². The van der Waals surface area contributed by atoms with Gasteiger partial charge in [-0.2, -0.15) is 0 Å². The summed E-state index contributed by atoms with van der Waals surface area (Å²) >= 11 is 3.42. The molecule has 1 fully saturated rings. The Kier molecular flexibility index (Phi) is 4.88. The Balaban J connectivity index is 2.22. The number of benzene rings is 1. The molecule has 1 aromatic carbocycles. The van der Waals surface area contributed by atoms with Crippen molar-refractivity contribution in [1.29, 1.82) is 0 Å². The van der Waals surface area contributed by atoms with Gasteiger partial charge in [-0.1, -0.05) is 21.1 Å². The number of nitrogens with zero attached hydrogens (tertiary/aromatic N) is 3. The van der Waals surface area contributed by atoms with Gasteiger partial charge in [0.1, 0.15) is 0 Å². The molecule has 0 aliphatic carbocycles. The van der Waals surface area contributed by atoms with E-state index in [0.29, 0.717) is 6.04 Å². The molecule has 0 amide bonds. The molecule has 3 N–H and O–H groups in total. The molecule has 0 bridgehead atoms. The second-order valence-electron chi connectivity index (χ2n) is 5.30. The lowest BCUT2D eigenvalue weighted by Gasteiger charge is -2.28. The van der Waals surface area contributed by atoms with Gasteiger partial charge in [-0.15, -0.1) is 0 Å². The van der Waals surface area contributed by atoms with E-state index in [1.807, 2.05) is 25.2 Å². The minimum atomic E-state index is 0.132. The lowest BCUT2D eigenvalue weighted by Crippen LogP contribution is -2.37. The average molecular weight is 341 g/mol. The highest BCUT2D eigenvalue weighted by atomic mass is 79.9. The number of halogens is 1. The Labute approximate surface area is 128 Å². The Hall–Kier alpha value is -1.27. The van der Waals surface area contributed by atoms with E-state index >= 15 is 0 Å². The molecule has 1 aliphatic heterocycles. The number of likely N-dealkylation sites (tertiary alicyclic amines) is 1. The van der Waals surface area contributed by atoms with E-state index in [2.05, 4.69) is 37.9 Å². The number of amidine groups is 1. The van der Waals surface area contributed by atoms with E-state index in [1.54, 1.807) is 0 Å². The van der Waals surface area contributed by atoms with E-state index in [0.717, 1.165) is 28.8 Å². The third kappa shape index (κ3) is 3.24. The first kappa shape index (κ1) is 15.1.